The standard InChI is InChI=1S/C18H21ClN2O3/c19-15-6-4-14(5-7-15)17-10-16(24-20-17)12-21-9-1-2-13(11-21)3-8-18(22)23/h4-7,10,13H,1-3,8-9,11-12H2,(H,22,23). The van der Waals surface area contributed by atoms with Crippen molar-refractivity contribution in [3.8, 4) is 11.3 Å². The predicted molar refractivity (Wildman–Crippen MR) is 91.8 cm³/mol. The van der Waals surface area contributed by atoms with Gasteiger partial charge in [0.1, 0.15) is 5.69 Å². The van der Waals surface area contributed by atoms with Crippen molar-refractivity contribution in [2.75, 3.05) is 13.1 Å². The summed E-state index contributed by atoms with van der Waals surface area (Å²) in [7, 11) is 0. The number of carbonyl (C=O) groups is 1. The van der Waals surface area contributed by atoms with Gasteiger partial charge in [-0.25, -0.2) is 0 Å². The zero-order valence-corrected chi connectivity index (χ0v) is 14.2. The van der Waals surface area contributed by atoms with Gasteiger partial charge in [0.2, 0.25) is 0 Å². The maximum absolute atomic E-state index is 10.7. The third-order valence-electron chi connectivity index (χ3n) is 4.45. The summed E-state index contributed by atoms with van der Waals surface area (Å²) >= 11 is 5.90. The Morgan fingerprint density at radius 2 is 2.17 bits per heavy atom. The van der Waals surface area contributed by atoms with Crippen LogP contribution in [-0.2, 0) is 11.3 Å². The van der Waals surface area contributed by atoms with Crippen LogP contribution in [0.5, 0.6) is 0 Å². The molecular formula is C18H21ClN2O3. The summed E-state index contributed by atoms with van der Waals surface area (Å²) < 4.78 is 5.47. The predicted octanol–water partition coefficient (Wildman–Crippen LogP) is 4.07. The molecule has 1 unspecified atom stereocenters. The van der Waals surface area contributed by atoms with Gasteiger partial charge in [0, 0.05) is 29.6 Å². The quantitative estimate of drug-likeness (QED) is 0.852. The van der Waals surface area contributed by atoms with Crippen molar-refractivity contribution in [1.82, 2.24) is 10.1 Å². The lowest BCUT2D eigenvalue weighted by Gasteiger charge is -2.31. The fourth-order valence-corrected chi connectivity index (χ4v) is 3.35. The molecule has 1 aliphatic heterocycles. The monoisotopic (exact) mass is 348 g/mol. The van der Waals surface area contributed by atoms with Crippen molar-refractivity contribution >= 4 is 17.6 Å². The number of likely N-dealkylation sites (tertiary alicyclic amines) is 1. The molecule has 0 saturated carbocycles. The van der Waals surface area contributed by atoms with E-state index in [1.165, 1.54) is 0 Å². The Labute approximate surface area is 146 Å². The summed E-state index contributed by atoms with van der Waals surface area (Å²) in [6, 6.07) is 9.48. The van der Waals surface area contributed by atoms with Crippen molar-refractivity contribution in [2.45, 2.75) is 32.2 Å². The second kappa shape index (κ2) is 7.81. The smallest absolute Gasteiger partial charge is 0.303 e. The molecule has 0 spiro atoms. The van der Waals surface area contributed by atoms with Crippen LogP contribution in [0.25, 0.3) is 11.3 Å². The second-order valence-electron chi connectivity index (χ2n) is 6.36. The fraction of sp³-hybridized carbons (Fsp3) is 0.444. The lowest BCUT2D eigenvalue weighted by Crippen LogP contribution is -2.35. The number of aromatic nitrogens is 1. The minimum Gasteiger partial charge on any atom is -0.481 e. The van der Waals surface area contributed by atoms with Crippen molar-refractivity contribution in [3.63, 3.8) is 0 Å². The number of hydrogen-bond acceptors (Lipinski definition) is 4. The average molecular weight is 349 g/mol. The van der Waals surface area contributed by atoms with E-state index >= 15 is 0 Å². The molecule has 3 rings (SSSR count). The molecule has 128 valence electrons. The van der Waals surface area contributed by atoms with Gasteiger partial charge >= 0.3 is 5.97 Å². The molecule has 1 saturated heterocycles. The van der Waals surface area contributed by atoms with E-state index < -0.39 is 5.97 Å². The largest absolute Gasteiger partial charge is 0.481 e. The van der Waals surface area contributed by atoms with Crippen LogP contribution in [0.4, 0.5) is 0 Å². The Hall–Kier alpha value is -1.85. The highest BCUT2D eigenvalue weighted by atomic mass is 35.5. The first-order valence-electron chi connectivity index (χ1n) is 8.26. The molecule has 1 N–H and O–H groups in total. The zero-order valence-electron chi connectivity index (χ0n) is 13.4. The van der Waals surface area contributed by atoms with Crippen LogP contribution >= 0.6 is 11.6 Å². The molecule has 1 aromatic heterocycles. The summed E-state index contributed by atoms with van der Waals surface area (Å²) in [6.45, 7) is 2.65. The van der Waals surface area contributed by atoms with E-state index in [-0.39, 0.29) is 6.42 Å². The van der Waals surface area contributed by atoms with E-state index in [1.54, 1.807) is 0 Å². The van der Waals surface area contributed by atoms with Gasteiger partial charge in [-0.1, -0.05) is 28.9 Å². The van der Waals surface area contributed by atoms with Crippen LogP contribution in [0.3, 0.4) is 0 Å². The number of halogens is 1. The van der Waals surface area contributed by atoms with Gasteiger partial charge in [-0.3, -0.25) is 9.69 Å². The van der Waals surface area contributed by atoms with E-state index in [0.29, 0.717) is 17.5 Å². The maximum Gasteiger partial charge on any atom is 0.303 e. The molecule has 2 aromatic rings. The van der Waals surface area contributed by atoms with Crippen LogP contribution in [0.2, 0.25) is 5.02 Å². The highest BCUT2D eigenvalue weighted by Gasteiger charge is 2.21. The van der Waals surface area contributed by atoms with Gasteiger partial charge in [-0.15, -0.1) is 0 Å². The zero-order chi connectivity index (χ0) is 16.9. The van der Waals surface area contributed by atoms with E-state index in [2.05, 4.69) is 10.1 Å². The van der Waals surface area contributed by atoms with Gasteiger partial charge in [0.05, 0.1) is 6.54 Å². The number of nitrogens with zero attached hydrogens (tertiary/aromatic N) is 2. The SMILES string of the molecule is O=C(O)CCC1CCCN(Cc2cc(-c3ccc(Cl)cc3)no2)C1. The van der Waals surface area contributed by atoms with E-state index in [4.69, 9.17) is 21.2 Å². The number of hydrogen-bond donors (Lipinski definition) is 1. The van der Waals surface area contributed by atoms with Crippen LogP contribution in [0, 0.1) is 5.92 Å². The molecule has 24 heavy (non-hydrogen) atoms. The molecule has 1 fully saturated rings. The van der Waals surface area contributed by atoms with Crippen molar-refractivity contribution < 1.29 is 14.4 Å². The van der Waals surface area contributed by atoms with Gasteiger partial charge in [-0.05, 0) is 43.9 Å². The van der Waals surface area contributed by atoms with Gasteiger partial charge in [0.15, 0.2) is 5.76 Å². The third kappa shape index (κ3) is 4.58. The molecule has 5 nitrogen and oxygen atoms in total. The molecule has 0 radical (unpaired) electrons. The fourth-order valence-electron chi connectivity index (χ4n) is 3.22. The van der Waals surface area contributed by atoms with Gasteiger partial charge in [0.25, 0.3) is 0 Å². The van der Waals surface area contributed by atoms with Crippen molar-refractivity contribution in [3.05, 3.63) is 41.1 Å². The molecule has 1 atom stereocenters. The Bertz CT molecular complexity index is 684. The van der Waals surface area contributed by atoms with E-state index in [9.17, 15) is 4.79 Å². The van der Waals surface area contributed by atoms with Crippen LogP contribution in [0.1, 0.15) is 31.4 Å². The van der Waals surface area contributed by atoms with Crippen LogP contribution in [-0.4, -0.2) is 34.2 Å². The molecule has 0 bridgehead atoms. The first-order chi connectivity index (χ1) is 11.6. The molecule has 1 aromatic carbocycles. The highest BCUT2D eigenvalue weighted by Crippen LogP contribution is 2.25. The number of benzene rings is 1. The van der Waals surface area contributed by atoms with Crippen molar-refractivity contribution in [1.29, 1.82) is 0 Å². The maximum atomic E-state index is 10.7. The summed E-state index contributed by atoms with van der Waals surface area (Å²) in [5.74, 6) is 0.572. The third-order valence-corrected chi connectivity index (χ3v) is 4.70. The number of carboxylic acid groups (broad SMARTS) is 1. The molecule has 6 heteroatoms. The molecule has 2 heterocycles. The van der Waals surface area contributed by atoms with Crippen molar-refractivity contribution in [2.24, 2.45) is 5.92 Å². The van der Waals surface area contributed by atoms with Crippen LogP contribution < -0.4 is 0 Å². The summed E-state index contributed by atoms with van der Waals surface area (Å²) in [6.07, 6.45) is 3.21. The second-order valence-corrected chi connectivity index (χ2v) is 6.80. The Morgan fingerprint density at radius 1 is 1.38 bits per heavy atom. The summed E-state index contributed by atoms with van der Waals surface area (Å²) in [5, 5.41) is 13.7. The highest BCUT2D eigenvalue weighted by molar-refractivity contribution is 6.30. The lowest BCUT2D eigenvalue weighted by molar-refractivity contribution is -0.137. The van der Waals surface area contributed by atoms with Gasteiger partial charge < -0.3 is 9.63 Å². The molecule has 1 aliphatic rings. The Kier molecular flexibility index (Phi) is 5.53. The molecule has 0 amide bonds. The Morgan fingerprint density at radius 3 is 2.92 bits per heavy atom. The van der Waals surface area contributed by atoms with E-state index in [1.807, 2.05) is 30.3 Å². The normalized spacial score (nSPS) is 18.6. The number of piperidine rings is 1. The first kappa shape index (κ1) is 17.0. The van der Waals surface area contributed by atoms with Gasteiger partial charge in [-0.2, -0.15) is 0 Å². The number of rotatable bonds is 6. The van der Waals surface area contributed by atoms with Crippen LogP contribution in [0.15, 0.2) is 34.9 Å². The Balaban J connectivity index is 1.58. The lowest BCUT2D eigenvalue weighted by atomic mass is 9.93. The summed E-state index contributed by atoms with van der Waals surface area (Å²) in [5.41, 5.74) is 1.79. The first-order valence-corrected chi connectivity index (χ1v) is 8.63. The minimum absolute atomic E-state index is 0.252. The molecule has 0 aliphatic carbocycles. The summed E-state index contributed by atoms with van der Waals surface area (Å²) in [4.78, 5) is 13.0. The number of aliphatic carboxylic acids is 1. The van der Waals surface area contributed by atoms with E-state index in [0.717, 1.165) is 49.4 Å². The number of carboxylic acids is 1. The average Bonchev–Trinajstić information content (AvgIpc) is 3.02. The molecular weight excluding hydrogens is 328 g/mol. The topological polar surface area (TPSA) is 66.6 Å². The minimum atomic E-state index is -0.713.